The summed E-state index contributed by atoms with van der Waals surface area (Å²) >= 11 is 0. The molecule has 0 radical (unpaired) electrons. The minimum Gasteiger partial charge on any atom is -0.358 e. The minimum atomic E-state index is -2.62. The molecule has 1 N–H and O–H groups in total. The van der Waals surface area contributed by atoms with Crippen molar-refractivity contribution in [2.24, 2.45) is 5.92 Å². The third kappa shape index (κ3) is 3.76. The van der Waals surface area contributed by atoms with E-state index in [9.17, 15) is 8.78 Å². The summed E-state index contributed by atoms with van der Waals surface area (Å²) in [7, 11) is 0. The summed E-state index contributed by atoms with van der Waals surface area (Å²) < 4.78 is 28.7. The van der Waals surface area contributed by atoms with Gasteiger partial charge >= 0.3 is 0 Å². The van der Waals surface area contributed by atoms with Crippen molar-refractivity contribution in [3.05, 3.63) is 54.2 Å². The van der Waals surface area contributed by atoms with Gasteiger partial charge in [-0.05, 0) is 43.0 Å². The van der Waals surface area contributed by atoms with Crippen LogP contribution in [0.3, 0.4) is 0 Å². The average Bonchev–Trinajstić information content (AvgIpc) is 3.46. The third-order valence-corrected chi connectivity index (χ3v) is 6.74. The molecule has 10 heteroatoms. The summed E-state index contributed by atoms with van der Waals surface area (Å²) in [6, 6.07) is 5.63. The molecule has 4 aromatic heterocycles. The molecule has 34 heavy (non-hydrogen) atoms. The zero-order valence-electron chi connectivity index (χ0n) is 19.1. The molecular weight excluding hydrogens is 438 g/mol. The maximum Gasteiger partial charge on any atom is 0.282 e. The number of aromatic nitrogens is 6. The number of piperidine rings is 1. The van der Waals surface area contributed by atoms with Crippen molar-refractivity contribution in [1.29, 1.82) is 0 Å². The van der Waals surface area contributed by atoms with Crippen LogP contribution in [0.5, 0.6) is 0 Å². The molecule has 2 fully saturated rings. The van der Waals surface area contributed by atoms with E-state index in [0.29, 0.717) is 17.8 Å². The second-order valence-electron chi connectivity index (χ2n) is 9.64. The van der Waals surface area contributed by atoms with Gasteiger partial charge in [-0.2, -0.15) is 5.10 Å². The molecule has 2 aliphatic heterocycles. The van der Waals surface area contributed by atoms with Crippen molar-refractivity contribution in [2.75, 3.05) is 36.0 Å². The number of hydrogen-bond acceptors (Lipinski definition) is 6. The molecule has 2 atom stereocenters. The monoisotopic (exact) mass is 464 g/mol. The lowest BCUT2D eigenvalue weighted by Crippen LogP contribution is -2.56. The molecule has 0 spiro atoms. The van der Waals surface area contributed by atoms with Crippen LogP contribution in [-0.2, 0) is 0 Å². The number of imidazole rings is 1. The van der Waals surface area contributed by atoms with Crippen molar-refractivity contribution < 1.29 is 8.78 Å². The first-order valence-electron chi connectivity index (χ1n) is 11.5. The van der Waals surface area contributed by atoms with Crippen molar-refractivity contribution >= 4 is 17.3 Å². The highest BCUT2D eigenvalue weighted by Gasteiger charge is 2.44. The molecule has 6 heterocycles. The van der Waals surface area contributed by atoms with E-state index in [1.54, 1.807) is 11.1 Å². The van der Waals surface area contributed by atoms with Crippen molar-refractivity contribution in [1.82, 2.24) is 29.5 Å². The number of rotatable bonds is 4. The Morgan fingerprint density at radius 1 is 1.09 bits per heavy atom. The molecule has 4 aromatic rings. The third-order valence-electron chi connectivity index (χ3n) is 6.74. The number of nitrogens with one attached hydrogen (secondary N) is 1. The van der Waals surface area contributed by atoms with Gasteiger partial charge in [0.2, 0.25) is 5.95 Å². The van der Waals surface area contributed by atoms with E-state index in [0.717, 1.165) is 47.9 Å². The Morgan fingerprint density at radius 2 is 1.94 bits per heavy atom. The number of fused-ring (bicyclic) bond motifs is 1. The highest BCUT2D eigenvalue weighted by Crippen LogP contribution is 2.34. The number of nitrogens with zero attached hydrogens (tertiary/aromatic N) is 7. The summed E-state index contributed by atoms with van der Waals surface area (Å²) in [6.45, 7) is 5.41. The number of aromatic amines is 1. The lowest BCUT2D eigenvalue weighted by Gasteiger charge is -2.40. The molecule has 8 nitrogen and oxygen atoms in total. The summed E-state index contributed by atoms with van der Waals surface area (Å²) in [5.41, 5.74) is 5.14. The quantitative estimate of drug-likeness (QED) is 0.494. The zero-order chi connectivity index (χ0) is 23.4. The number of anilines is 2. The van der Waals surface area contributed by atoms with Crippen molar-refractivity contribution in [2.45, 2.75) is 32.1 Å². The first-order valence-corrected chi connectivity index (χ1v) is 11.5. The summed E-state index contributed by atoms with van der Waals surface area (Å²) in [4.78, 5) is 18.1. The largest absolute Gasteiger partial charge is 0.358 e. The number of pyridine rings is 1. The molecule has 0 bridgehead atoms. The highest BCUT2D eigenvalue weighted by molar-refractivity contribution is 5.64. The fourth-order valence-electron chi connectivity index (χ4n) is 5.11. The lowest BCUT2D eigenvalue weighted by atomic mass is 9.87. The van der Waals surface area contributed by atoms with Crippen LogP contribution in [-0.4, -0.2) is 61.7 Å². The second kappa shape index (κ2) is 7.75. The van der Waals surface area contributed by atoms with Gasteiger partial charge in [-0.15, -0.1) is 0 Å². The van der Waals surface area contributed by atoms with Crippen LogP contribution in [0.15, 0.2) is 43.0 Å². The molecule has 2 aliphatic rings. The van der Waals surface area contributed by atoms with Crippen LogP contribution in [0.25, 0.3) is 17.0 Å². The fraction of sp³-hybridized carbons (Fsp3) is 0.417. The Labute approximate surface area is 195 Å². The van der Waals surface area contributed by atoms with Gasteiger partial charge < -0.3 is 9.80 Å². The Kier molecular flexibility index (Phi) is 4.79. The first-order chi connectivity index (χ1) is 16.3. The average molecular weight is 465 g/mol. The van der Waals surface area contributed by atoms with E-state index in [2.05, 4.69) is 27.0 Å². The number of halogens is 2. The molecule has 0 aromatic carbocycles. The van der Waals surface area contributed by atoms with Crippen LogP contribution < -0.4 is 9.80 Å². The SMILES string of the molecule is Cc1cc(-c2cnc3ccc(N4CC(F)(F)C4)cn23)nc(N2C[C@H](C)C[C@H](c3cn[nH]c3)C2)n1. The van der Waals surface area contributed by atoms with Gasteiger partial charge in [0, 0.05) is 37.1 Å². The maximum absolute atomic E-state index is 13.4. The standard InChI is InChI=1S/C24H26F2N8/c1-15-5-17(18-7-28-29-8-18)11-32(10-15)23-30-16(2)6-20(31-23)21-9-27-22-4-3-19(12-34(21)22)33-13-24(25,26)14-33/h3-4,6-9,12,15,17H,5,10-11,13-14H2,1-2H3,(H,28,29)/t15-,17+/m1/s1. The molecule has 2 saturated heterocycles. The van der Waals surface area contributed by atoms with Gasteiger partial charge in [-0.3, -0.25) is 9.50 Å². The van der Waals surface area contributed by atoms with Crippen molar-refractivity contribution in [3.63, 3.8) is 0 Å². The number of H-pyrrole nitrogens is 1. The van der Waals surface area contributed by atoms with Crippen LogP contribution >= 0.6 is 0 Å². The van der Waals surface area contributed by atoms with E-state index >= 15 is 0 Å². The van der Waals surface area contributed by atoms with Crippen LogP contribution in [0, 0.1) is 12.8 Å². The van der Waals surface area contributed by atoms with E-state index < -0.39 is 5.92 Å². The minimum absolute atomic E-state index is 0.260. The molecule has 0 aliphatic carbocycles. The number of aryl methyl sites for hydroxylation is 1. The summed E-state index contributed by atoms with van der Waals surface area (Å²) in [5, 5.41) is 7.04. The van der Waals surface area contributed by atoms with Crippen LogP contribution in [0.2, 0.25) is 0 Å². The molecular formula is C24H26F2N8. The van der Waals surface area contributed by atoms with E-state index in [1.165, 1.54) is 5.56 Å². The Bertz CT molecular complexity index is 1320. The topological polar surface area (TPSA) is 78.2 Å². The Balaban J connectivity index is 1.34. The van der Waals surface area contributed by atoms with Crippen LogP contribution in [0.1, 0.15) is 30.5 Å². The molecule has 6 rings (SSSR count). The maximum atomic E-state index is 13.4. The zero-order valence-corrected chi connectivity index (χ0v) is 19.1. The molecule has 0 saturated carbocycles. The molecule has 176 valence electrons. The fourth-order valence-corrected chi connectivity index (χ4v) is 5.11. The molecule has 0 unspecified atom stereocenters. The van der Waals surface area contributed by atoms with E-state index in [1.807, 2.05) is 48.1 Å². The van der Waals surface area contributed by atoms with E-state index in [-0.39, 0.29) is 13.1 Å². The lowest BCUT2D eigenvalue weighted by molar-refractivity contribution is -0.0262. The predicted molar refractivity (Wildman–Crippen MR) is 125 cm³/mol. The van der Waals surface area contributed by atoms with Crippen LogP contribution in [0.4, 0.5) is 20.4 Å². The van der Waals surface area contributed by atoms with Gasteiger partial charge in [0.25, 0.3) is 5.92 Å². The first kappa shape index (κ1) is 21.0. The smallest absolute Gasteiger partial charge is 0.282 e. The van der Waals surface area contributed by atoms with Gasteiger partial charge in [-0.25, -0.2) is 23.7 Å². The molecule has 0 amide bonds. The second-order valence-corrected chi connectivity index (χ2v) is 9.64. The number of alkyl halides is 2. The summed E-state index contributed by atoms with van der Waals surface area (Å²) in [6.07, 6.45) is 8.60. The Hall–Kier alpha value is -3.56. The Morgan fingerprint density at radius 3 is 2.71 bits per heavy atom. The van der Waals surface area contributed by atoms with Crippen molar-refractivity contribution in [3.8, 4) is 11.4 Å². The van der Waals surface area contributed by atoms with Gasteiger partial charge in [0.05, 0.1) is 42.6 Å². The van der Waals surface area contributed by atoms with Gasteiger partial charge in [0.15, 0.2) is 0 Å². The predicted octanol–water partition coefficient (Wildman–Crippen LogP) is 3.91. The normalized spacial score (nSPS) is 22.2. The summed E-state index contributed by atoms with van der Waals surface area (Å²) in [5.74, 6) is -1.06. The highest BCUT2D eigenvalue weighted by atomic mass is 19.3. The van der Waals surface area contributed by atoms with Gasteiger partial charge in [-0.1, -0.05) is 6.92 Å². The van der Waals surface area contributed by atoms with E-state index in [4.69, 9.17) is 9.97 Å². The van der Waals surface area contributed by atoms with Gasteiger partial charge in [0.1, 0.15) is 5.65 Å². The number of hydrogen-bond donors (Lipinski definition) is 1.